The van der Waals surface area contributed by atoms with E-state index in [0.29, 0.717) is 13.2 Å². The monoisotopic (exact) mass is 528 g/mol. The maximum atomic E-state index is 6.17. The van der Waals surface area contributed by atoms with Crippen molar-refractivity contribution >= 4 is 11.7 Å². The largest absolute Gasteiger partial charge is 0.496 e. The zero-order valence-corrected chi connectivity index (χ0v) is 22.9. The van der Waals surface area contributed by atoms with Gasteiger partial charge in [0.2, 0.25) is 0 Å². The average Bonchev–Trinajstić information content (AvgIpc) is 2.99. The molecule has 0 fully saturated rings. The van der Waals surface area contributed by atoms with Crippen LogP contribution in [0.15, 0.2) is 64.6 Å². The first-order valence-electron chi connectivity index (χ1n) is 13.4. The summed E-state index contributed by atoms with van der Waals surface area (Å²) in [6.07, 6.45) is 2.12. The molecule has 0 aliphatic carbocycles. The van der Waals surface area contributed by atoms with Gasteiger partial charge in [-0.1, -0.05) is 24.3 Å². The number of hydrogen-bond acceptors (Lipinski definition) is 8. The van der Waals surface area contributed by atoms with E-state index in [1.54, 1.807) is 14.2 Å². The molecular weight excluding hydrogens is 492 g/mol. The van der Waals surface area contributed by atoms with Gasteiger partial charge in [0, 0.05) is 54.5 Å². The number of aliphatic imine (C=N–C) groups is 2. The van der Waals surface area contributed by atoms with E-state index in [0.717, 1.165) is 102 Å². The van der Waals surface area contributed by atoms with Gasteiger partial charge in [0.05, 0.1) is 14.2 Å². The lowest BCUT2D eigenvalue weighted by atomic mass is 10.1. The number of ether oxygens (including phenoxy) is 4. The van der Waals surface area contributed by atoms with E-state index < -0.39 is 0 Å². The summed E-state index contributed by atoms with van der Waals surface area (Å²) in [5, 5.41) is 6.72. The Morgan fingerprint density at radius 3 is 1.56 bits per heavy atom. The molecule has 8 heteroatoms. The highest BCUT2D eigenvalue weighted by atomic mass is 16.5. The van der Waals surface area contributed by atoms with E-state index in [2.05, 4.69) is 32.8 Å². The number of hydrogen-bond donors (Lipinski definition) is 2. The summed E-state index contributed by atoms with van der Waals surface area (Å²) >= 11 is 0. The number of aryl methyl sites for hydroxylation is 1. The number of benzene rings is 3. The van der Waals surface area contributed by atoms with E-state index in [1.807, 2.05) is 49.4 Å². The van der Waals surface area contributed by atoms with E-state index in [-0.39, 0.29) is 0 Å². The van der Waals surface area contributed by atoms with Gasteiger partial charge >= 0.3 is 0 Å². The van der Waals surface area contributed by atoms with Gasteiger partial charge in [0.1, 0.15) is 47.9 Å². The van der Waals surface area contributed by atoms with Crippen LogP contribution in [0.1, 0.15) is 40.7 Å². The highest BCUT2D eigenvalue weighted by Gasteiger charge is 2.14. The van der Waals surface area contributed by atoms with Crippen molar-refractivity contribution in [3.63, 3.8) is 0 Å². The third kappa shape index (κ3) is 6.63. The molecule has 0 spiro atoms. The average molecular weight is 529 g/mol. The van der Waals surface area contributed by atoms with Gasteiger partial charge in [-0.2, -0.15) is 0 Å². The van der Waals surface area contributed by atoms with E-state index in [9.17, 15) is 0 Å². The van der Waals surface area contributed by atoms with Gasteiger partial charge in [-0.3, -0.25) is 9.98 Å². The van der Waals surface area contributed by atoms with Crippen LogP contribution in [-0.2, 0) is 13.2 Å². The number of methoxy groups -OCH3 is 2. The molecule has 3 aromatic rings. The van der Waals surface area contributed by atoms with Gasteiger partial charge < -0.3 is 29.6 Å². The number of rotatable bonds is 10. The molecule has 39 heavy (non-hydrogen) atoms. The first kappa shape index (κ1) is 26.4. The molecule has 0 unspecified atom stereocenters. The molecule has 0 saturated carbocycles. The molecule has 0 saturated heterocycles. The van der Waals surface area contributed by atoms with Crippen molar-refractivity contribution in [1.29, 1.82) is 0 Å². The van der Waals surface area contributed by atoms with Crippen molar-refractivity contribution in [2.45, 2.75) is 33.0 Å². The van der Waals surface area contributed by atoms with Crippen LogP contribution >= 0.6 is 0 Å². The smallest absolute Gasteiger partial charge is 0.128 e. The van der Waals surface area contributed by atoms with Crippen LogP contribution in [0.4, 0.5) is 0 Å². The zero-order valence-electron chi connectivity index (χ0n) is 22.9. The minimum absolute atomic E-state index is 0.374. The molecule has 2 heterocycles. The number of amidine groups is 2. The fourth-order valence-corrected chi connectivity index (χ4v) is 4.68. The Morgan fingerprint density at radius 1 is 0.667 bits per heavy atom. The molecule has 2 N–H and O–H groups in total. The van der Waals surface area contributed by atoms with E-state index in [1.165, 1.54) is 0 Å². The predicted octanol–water partition coefficient (Wildman–Crippen LogP) is 4.65. The molecule has 0 aromatic heterocycles. The lowest BCUT2D eigenvalue weighted by Crippen LogP contribution is -2.30. The third-order valence-electron chi connectivity index (χ3n) is 6.73. The van der Waals surface area contributed by atoms with E-state index >= 15 is 0 Å². The number of nitrogens with zero attached hydrogens (tertiary/aromatic N) is 2. The van der Waals surface area contributed by atoms with Crippen LogP contribution < -0.4 is 29.6 Å². The van der Waals surface area contributed by atoms with Crippen LogP contribution in [0.25, 0.3) is 0 Å². The Balaban J connectivity index is 1.25. The molecule has 8 nitrogen and oxygen atoms in total. The Kier molecular flexibility index (Phi) is 8.51. The van der Waals surface area contributed by atoms with Crippen molar-refractivity contribution in [2.75, 3.05) is 40.4 Å². The minimum Gasteiger partial charge on any atom is -0.496 e. The summed E-state index contributed by atoms with van der Waals surface area (Å²) in [5.74, 6) is 4.85. The minimum atomic E-state index is 0.374. The second kappa shape index (κ2) is 12.6. The highest BCUT2D eigenvalue weighted by Crippen LogP contribution is 2.28. The SMILES string of the molecule is COc1cc(C2=NCCCN2)ccc1COc1cc(C)cc(OCc2ccc(C3=NCCCN3)cc2OC)c1. The van der Waals surface area contributed by atoms with Crippen molar-refractivity contribution in [2.24, 2.45) is 9.98 Å². The Bertz CT molecular complexity index is 1270. The lowest BCUT2D eigenvalue weighted by molar-refractivity contribution is 0.282. The molecule has 5 rings (SSSR count). The predicted molar refractivity (Wildman–Crippen MR) is 154 cm³/mol. The fourth-order valence-electron chi connectivity index (χ4n) is 4.68. The Morgan fingerprint density at radius 2 is 1.15 bits per heavy atom. The van der Waals surface area contributed by atoms with Crippen LogP contribution in [-0.4, -0.2) is 52.1 Å². The summed E-state index contributed by atoms with van der Waals surface area (Å²) in [5.41, 5.74) is 5.02. The molecule has 0 radical (unpaired) electrons. The van der Waals surface area contributed by atoms with E-state index in [4.69, 9.17) is 18.9 Å². The second-order valence-corrected chi connectivity index (χ2v) is 9.63. The first-order valence-corrected chi connectivity index (χ1v) is 13.4. The zero-order chi connectivity index (χ0) is 27.0. The summed E-state index contributed by atoms with van der Waals surface area (Å²) in [6, 6.07) is 18.1. The van der Waals surface area contributed by atoms with Gasteiger partial charge in [0.15, 0.2) is 0 Å². The highest BCUT2D eigenvalue weighted by molar-refractivity contribution is 6.00. The summed E-state index contributed by atoms with van der Waals surface area (Å²) in [4.78, 5) is 9.16. The maximum Gasteiger partial charge on any atom is 0.128 e. The van der Waals surface area contributed by atoms with Crippen LogP contribution in [0, 0.1) is 6.92 Å². The molecule has 204 valence electrons. The maximum absolute atomic E-state index is 6.17. The molecule has 2 aliphatic rings. The molecule has 2 aliphatic heterocycles. The van der Waals surface area contributed by atoms with Gasteiger partial charge in [-0.15, -0.1) is 0 Å². The van der Waals surface area contributed by atoms with Crippen molar-refractivity contribution in [3.05, 3.63) is 82.4 Å². The van der Waals surface area contributed by atoms with Crippen LogP contribution in [0.3, 0.4) is 0 Å². The van der Waals surface area contributed by atoms with Gasteiger partial charge in [-0.25, -0.2) is 0 Å². The van der Waals surface area contributed by atoms with Gasteiger partial charge in [0.25, 0.3) is 0 Å². The summed E-state index contributed by atoms with van der Waals surface area (Å²) in [6.45, 7) is 6.35. The van der Waals surface area contributed by atoms with Gasteiger partial charge in [-0.05, 0) is 49.6 Å². The summed E-state index contributed by atoms with van der Waals surface area (Å²) in [7, 11) is 3.36. The molecular formula is C31H36N4O4. The second-order valence-electron chi connectivity index (χ2n) is 9.63. The van der Waals surface area contributed by atoms with Crippen molar-refractivity contribution < 1.29 is 18.9 Å². The Hall–Kier alpha value is -4.20. The molecule has 0 amide bonds. The number of nitrogens with one attached hydrogen (secondary N) is 2. The summed E-state index contributed by atoms with van der Waals surface area (Å²) < 4.78 is 23.7. The first-order chi connectivity index (χ1) is 19.1. The normalized spacial score (nSPS) is 14.8. The van der Waals surface area contributed by atoms with Crippen molar-refractivity contribution in [1.82, 2.24) is 10.6 Å². The molecule has 0 atom stereocenters. The lowest BCUT2D eigenvalue weighted by Gasteiger charge is -2.17. The topological polar surface area (TPSA) is 85.7 Å². The van der Waals surface area contributed by atoms with Crippen LogP contribution in [0.5, 0.6) is 23.0 Å². The van der Waals surface area contributed by atoms with Crippen molar-refractivity contribution in [3.8, 4) is 23.0 Å². The molecule has 3 aromatic carbocycles. The molecule has 0 bridgehead atoms. The third-order valence-corrected chi connectivity index (χ3v) is 6.73. The fraction of sp³-hybridized carbons (Fsp3) is 0.355. The van der Waals surface area contributed by atoms with Crippen LogP contribution in [0.2, 0.25) is 0 Å². The Labute approximate surface area is 230 Å². The standard InChI is InChI=1S/C31H36N4O4/c1-21-14-26(38-19-24-8-6-22(16-28(24)36-2)30-32-10-4-11-33-30)18-27(15-21)39-20-25-9-7-23(17-29(25)37-3)31-34-12-5-13-35-31/h6-9,14-18H,4-5,10-13,19-20H2,1-3H3,(H,32,33)(H,34,35). The quantitative estimate of drug-likeness (QED) is 0.399.